The van der Waals surface area contributed by atoms with Gasteiger partial charge in [0.2, 0.25) is 0 Å². The highest BCUT2D eigenvalue weighted by molar-refractivity contribution is 5.94. The van der Waals surface area contributed by atoms with Crippen LogP contribution < -0.4 is 5.32 Å². The van der Waals surface area contributed by atoms with Crippen molar-refractivity contribution in [2.75, 3.05) is 7.05 Å². The van der Waals surface area contributed by atoms with Gasteiger partial charge in [0.1, 0.15) is 5.83 Å². The highest BCUT2D eigenvalue weighted by Crippen LogP contribution is 2.41. The lowest BCUT2D eigenvalue weighted by molar-refractivity contribution is 0.0963. The number of rotatable bonds is 4. The number of carbonyl (C=O) groups excluding carboxylic acids is 1. The summed E-state index contributed by atoms with van der Waals surface area (Å²) in [4.78, 5) is 11.6. The Balaban J connectivity index is 2.25. The van der Waals surface area contributed by atoms with E-state index in [4.69, 9.17) is 0 Å². The van der Waals surface area contributed by atoms with Gasteiger partial charge in [0, 0.05) is 18.2 Å². The molecule has 3 heteroatoms. The number of carbonyl (C=O) groups is 1. The third-order valence-corrected chi connectivity index (χ3v) is 5.02. The summed E-state index contributed by atoms with van der Waals surface area (Å²) in [5.41, 5.74) is 4.47. The van der Waals surface area contributed by atoms with Crippen molar-refractivity contribution in [1.29, 1.82) is 0 Å². The molecule has 0 heterocycles. The van der Waals surface area contributed by atoms with Crippen LogP contribution in [-0.2, 0) is 0 Å². The van der Waals surface area contributed by atoms with E-state index in [1.807, 2.05) is 6.08 Å². The normalized spacial score (nSPS) is 18.3. The number of allylic oxidation sites excluding steroid dienone is 5. The maximum atomic E-state index is 14.7. The number of hydrogen-bond acceptors (Lipinski definition) is 1. The zero-order chi connectivity index (χ0) is 18.6. The molecular formula is C22H28FNO. The molecule has 0 radical (unpaired) electrons. The molecule has 0 saturated heterocycles. The fourth-order valence-corrected chi connectivity index (χ4v) is 3.43. The van der Waals surface area contributed by atoms with E-state index < -0.39 is 0 Å². The topological polar surface area (TPSA) is 29.1 Å². The second kappa shape index (κ2) is 7.81. The summed E-state index contributed by atoms with van der Waals surface area (Å²) in [6, 6.07) is 6.57. The Morgan fingerprint density at radius 3 is 2.36 bits per heavy atom. The minimum Gasteiger partial charge on any atom is -0.355 e. The summed E-state index contributed by atoms with van der Waals surface area (Å²) in [6.07, 6.45) is 7.44. The number of hydrogen-bond donors (Lipinski definition) is 1. The van der Waals surface area contributed by atoms with Crippen molar-refractivity contribution in [2.24, 2.45) is 5.41 Å². The van der Waals surface area contributed by atoms with Crippen molar-refractivity contribution in [2.45, 2.75) is 47.0 Å². The Bertz CT molecular complexity index is 736. The summed E-state index contributed by atoms with van der Waals surface area (Å²) in [6.45, 7) is 8.46. The number of benzene rings is 1. The number of amides is 1. The van der Waals surface area contributed by atoms with Gasteiger partial charge in [-0.25, -0.2) is 4.39 Å². The molecule has 0 aliphatic heterocycles. The summed E-state index contributed by atoms with van der Waals surface area (Å²) in [5.74, 6) is -0.430. The van der Waals surface area contributed by atoms with E-state index in [1.165, 1.54) is 17.6 Å². The highest BCUT2D eigenvalue weighted by Gasteiger charge is 2.26. The van der Waals surface area contributed by atoms with E-state index in [0.29, 0.717) is 16.7 Å². The summed E-state index contributed by atoms with van der Waals surface area (Å²) >= 11 is 0. The van der Waals surface area contributed by atoms with Gasteiger partial charge < -0.3 is 5.32 Å². The van der Waals surface area contributed by atoms with Gasteiger partial charge in [-0.2, -0.15) is 0 Å². The van der Waals surface area contributed by atoms with E-state index in [1.54, 1.807) is 38.2 Å². The van der Waals surface area contributed by atoms with Crippen molar-refractivity contribution < 1.29 is 9.18 Å². The van der Waals surface area contributed by atoms with Crippen molar-refractivity contribution in [3.05, 3.63) is 64.3 Å². The molecule has 1 aromatic carbocycles. The molecule has 1 amide bonds. The number of nitrogens with one attached hydrogen (secondary N) is 1. The molecule has 0 aromatic heterocycles. The van der Waals surface area contributed by atoms with Crippen LogP contribution in [0.2, 0.25) is 0 Å². The minimum atomic E-state index is -0.258. The fourth-order valence-electron chi connectivity index (χ4n) is 3.43. The maximum Gasteiger partial charge on any atom is 0.251 e. The Morgan fingerprint density at radius 2 is 1.80 bits per heavy atom. The SMILES string of the molecule is CNC(=O)c1ccc(C(F)=C(C)C=CC2=C(C)CCCC2(C)C)cc1. The van der Waals surface area contributed by atoms with Gasteiger partial charge >= 0.3 is 0 Å². The third kappa shape index (κ3) is 4.47. The lowest BCUT2D eigenvalue weighted by atomic mass is 9.72. The molecule has 2 nitrogen and oxygen atoms in total. The van der Waals surface area contributed by atoms with Crippen molar-refractivity contribution in [3.63, 3.8) is 0 Å². The molecular weight excluding hydrogens is 313 g/mol. The van der Waals surface area contributed by atoms with Gasteiger partial charge in [-0.15, -0.1) is 0 Å². The largest absolute Gasteiger partial charge is 0.355 e. The molecule has 0 fully saturated rings. The Morgan fingerprint density at radius 1 is 1.20 bits per heavy atom. The Labute approximate surface area is 150 Å². The van der Waals surface area contributed by atoms with Crippen LogP contribution in [0.25, 0.3) is 5.83 Å². The van der Waals surface area contributed by atoms with Crippen molar-refractivity contribution in [1.82, 2.24) is 5.32 Å². The van der Waals surface area contributed by atoms with Crippen molar-refractivity contribution in [3.8, 4) is 0 Å². The van der Waals surface area contributed by atoms with Crippen LogP contribution in [0.5, 0.6) is 0 Å². The van der Waals surface area contributed by atoms with Gasteiger partial charge in [0.05, 0.1) is 0 Å². The minimum absolute atomic E-state index is 0.144. The van der Waals surface area contributed by atoms with Crippen LogP contribution in [0, 0.1) is 5.41 Å². The Hall–Kier alpha value is -2.16. The van der Waals surface area contributed by atoms with Gasteiger partial charge in [0.25, 0.3) is 5.91 Å². The molecule has 134 valence electrons. The first kappa shape index (κ1) is 19.2. The average Bonchev–Trinajstić information content (AvgIpc) is 2.59. The molecule has 0 unspecified atom stereocenters. The Kier molecular flexibility index (Phi) is 5.99. The number of halogens is 1. The van der Waals surface area contributed by atoms with E-state index in [0.717, 1.165) is 12.8 Å². The first-order valence-electron chi connectivity index (χ1n) is 8.83. The molecule has 2 rings (SSSR count). The predicted octanol–water partition coefficient (Wildman–Crippen LogP) is 5.83. The third-order valence-electron chi connectivity index (χ3n) is 5.02. The molecule has 1 N–H and O–H groups in total. The molecule has 0 atom stereocenters. The van der Waals surface area contributed by atoms with Crippen molar-refractivity contribution >= 4 is 11.7 Å². The van der Waals surface area contributed by atoms with Crippen LogP contribution in [0.4, 0.5) is 4.39 Å². The zero-order valence-corrected chi connectivity index (χ0v) is 15.9. The van der Waals surface area contributed by atoms with Gasteiger partial charge in [0.15, 0.2) is 0 Å². The standard InChI is InChI=1S/C22H28FNO/c1-15-7-6-14-22(3,4)19(15)13-8-16(2)20(23)17-9-11-18(12-10-17)21(25)24-5/h8-13H,6-7,14H2,1-5H3,(H,24,25). The fraction of sp³-hybridized carbons (Fsp3) is 0.409. The molecule has 0 bridgehead atoms. The average molecular weight is 341 g/mol. The van der Waals surface area contributed by atoms with Crippen LogP contribution in [-0.4, -0.2) is 13.0 Å². The maximum absolute atomic E-state index is 14.7. The van der Waals surface area contributed by atoms with E-state index in [-0.39, 0.29) is 17.1 Å². The van der Waals surface area contributed by atoms with Gasteiger partial charge in [-0.3, -0.25) is 4.79 Å². The summed E-state index contributed by atoms with van der Waals surface area (Å²) in [7, 11) is 1.58. The first-order chi connectivity index (χ1) is 11.8. The lowest BCUT2D eigenvalue weighted by Gasteiger charge is -2.32. The molecule has 1 aromatic rings. The molecule has 0 saturated carbocycles. The molecule has 0 spiro atoms. The second-order valence-electron chi connectivity index (χ2n) is 7.42. The summed E-state index contributed by atoms with van der Waals surface area (Å²) in [5, 5.41) is 2.56. The lowest BCUT2D eigenvalue weighted by Crippen LogP contribution is -2.19. The summed E-state index contributed by atoms with van der Waals surface area (Å²) < 4.78 is 14.7. The van der Waals surface area contributed by atoms with E-state index >= 15 is 0 Å². The van der Waals surface area contributed by atoms with Crippen LogP contribution in [0.3, 0.4) is 0 Å². The van der Waals surface area contributed by atoms with E-state index in [9.17, 15) is 9.18 Å². The van der Waals surface area contributed by atoms with Crippen LogP contribution >= 0.6 is 0 Å². The highest BCUT2D eigenvalue weighted by atomic mass is 19.1. The van der Waals surface area contributed by atoms with Gasteiger partial charge in [-0.05, 0) is 61.8 Å². The molecule has 25 heavy (non-hydrogen) atoms. The van der Waals surface area contributed by atoms with Gasteiger partial charge in [-0.1, -0.05) is 43.7 Å². The molecule has 1 aliphatic rings. The zero-order valence-electron chi connectivity index (χ0n) is 15.9. The molecule has 1 aliphatic carbocycles. The van der Waals surface area contributed by atoms with E-state index in [2.05, 4.69) is 32.2 Å². The quantitative estimate of drug-likeness (QED) is 0.686. The second-order valence-corrected chi connectivity index (χ2v) is 7.42. The first-order valence-corrected chi connectivity index (χ1v) is 8.83. The monoisotopic (exact) mass is 341 g/mol. The smallest absolute Gasteiger partial charge is 0.251 e. The predicted molar refractivity (Wildman–Crippen MR) is 103 cm³/mol. The van der Waals surface area contributed by atoms with Crippen LogP contribution in [0.1, 0.15) is 62.9 Å². The van der Waals surface area contributed by atoms with Crippen LogP contribution in [0.15, 0.2) is 53.1 Å².